The molecule has 2 aromatic rings. The highest BCUT2D eigenvalue weighted by Crippen LogP contribution is 2.46. The molecule has 5 nitrogen and oxygen atoms in total. The lowest BCUT2D eigenvalue weighted by Gasteiger charge is -2.07. The van der Waals surface area contributed by atoms with Gasteiger partial charge in [-0.25, -0.2) is 4.98 Å². The van der Waals surface area contributed by atoms with Crippen LogP contribution in [0, 0.1) is 11.3 Å². The standard InChI is InChI=1S/C14H13N5S/c15-7-10-3-6-12(8-16-10)20-14-18-17-13(9-1-2-9)19(14)11-4-5-11/h3,6,8-9,11H,1-2,4-5H2. The lowest BCUT2D eigenvalue weighted by atomic mass is 10.4. The molecule has 100 valence electrons. The van der Waals surface area contributed by atoms with Gasteiger partial charge in [0, 0.05) is 23.1 Å². The summed E-state index contributed by atoms with van der Waals surface area (Å²) in [5.41, 5.74) is 0.441. The van der Waals surface area contributed by atoms with Crippen LogP contribution in [0.1, 0.15) is 49.2 Å². The Bertz CT molecular complexity index is 677. The van der Waals surface area contributed by atoms with E-state index < -0.39 is 0 Å². The normalized spacial score (nSPS) is 17.9. The van der Waals surface area contributed by atoms with Crippen LogP contribution in [0.3, 0.4) is 0 Å². The van der Waals surface area contributed by atoms with Crippen molar-refractivity contribution in [1.82, 2.24) is 19.7 Å². The highest BCUT2D eigenvalue weighted by Gasteiger charge is 2.36. The molecular formula is C14H13N5S. The first-order valence-electron chi connectivity index (χ1n) is 6.84. The van der Waals surface area contributed by atoms with Gasteiger partial charge in [0.2, 0.25) is 0 Å². The van der Waals surface area contributed by atoms with Crippen molar-refractivity contribution < 1.29 is 0 Å². The Labute approximate surface area is 121 Å². The number of pyridine rings is 1. The van der Waals surface area contributed by atoms with E-state index in [0.717, 1.165) is 15.9 Å². The second-order valence-corrected chi connectivity index (χ2v) is 6.35. The molecule has 2 fully saturated rings. The molecule has 0 amide bonds. The Morgan fingerprint density at radius 2 is 2.05 bits per heavy atom. The van der Waals surface area contributed by atoms with E-state index >= 15 is 0 Å². The maximum Gasteiger partial charge on any atom is 0.196 e. The third kappa shape index (κ3) is 2.18. The molecule has 2 aliphatic carbocycles. The van der Waals surface area contributed by atoms with Gasteiger partial charge in [-0.05, 0) is 49.6 Å². The van der Waals surface area contributed by atoms with E-state index in [-0.39, 0.29) is 0 Å². The van der Waals surface area contributed by atoms with Crippen molar-refractivity contribution in [3.63, 3.8) is 0 Å². The second-order valence-electron chi connectivity index (χ2n) is 5.31. The topological polar surface area (TPSA) is 67.4 Å². The summed E-state index contributed by atoms with van der Waals surface area (Å²) in [5, 5.41) is 18.5. The number of aromatic nitrogens is 4. The predicted molar refractivity (Wildman–Crippen MR) is 73.3 cm³/mol. The monoisotopic (exact) mass is 283 g/mol. The van der Waals surface area contributed by atoms with Crippen LogP contribution in [-0.4, -0.2) is 19.7 Å². The number of rotatable bonds is 4. The molecule has 2 aromatic heterocycles. The molecule has 4 rings (SSSR count). The zero-order chi connectivity index (χ0) is 13.5. The Kier molecular flexibility index (Phi) is 2.74. The summed E-state index contributed by atoms with van der Waals surface area (Å²) in [7, 11) is 0. The van der Waals surface area contributed by atoms with E-state index in [9.17, 15) is 0 Å². The first kappa shape index (κ1) is 11.9. The van der Waals surface area contributed by atoms with Crippen LogP contribution in [0.5, 0.6) is 0 Å². The fourth-order valence-corrected chi connectivity index (χ4v) is 3.14. The molecule has 0 bridgehead atoms. The summed E-state index contributed by atoms with van der Waals surface area (Å²) in [6.07, 6.45) is 6.68. The van der Waals surface area contributed by atoms with Crippen molar-refractivity contribution >= 4 is 11.8 Å². The van der Waals surface area contributed by atoms with E-state index in [1.807, 2.05) is 12.1 Å². The third-order valence-electron chi connectivity index (χ3n) is 3.61. The molecule has 2 aliphatic rings. The smallest absolute Gasteiger partial charge is 0.196 e. The lowest BCUT2D eigenvalue weighted by molar-refractivity contribution is 0.627. The fraction of sp³-hybridized carbons (Fsp3) is 0.429. The van der Waals surface area contributed by atoms with Gasteiger partial charge >= 0.3 is 0 Å². The number of hydrogen-bond donors (Lipinski definition) is 0. The summed E-state index contributed by atoms with van der Waals surface area (Å²) in [4.78, 5) is 5.10. The van der Waals surface area contributed by atoms with Gasteiger partial charge in [-0.15, -0.1) is 10.2 Å². The molecule has 0 unspecified atom stereocenters. The van der Waals surface area contributed by atoms with Gasteiger partial charge in [-0.2, -0.15) is 5.26 Å². The van der Waals surface area contributed by atoms with Crippen LogP contribution < -0.4 is 0 Å². The quantitative estimate of drug-likeness (QED) is 0.863. The lowest BCUT2D eigenvalue weighted by Crippen LogP contribution is -2.01. The number of nitrogens with zero attached hydrogens (tertiary/aromatic N) is 5. The highest BCUT2D eigenvalue weighted by molar-refractivity contribution is 7.99. The summed E-state index contributed by atoms with van der Waals surface area (Å²) >= 11 is 1.59. The van der Waals surface area contributed by atoms with E-state index in [1.54, 1.807) is 24.0 Å². The molecule has 0 spiro atoms. The Morgan fingerprint density at radius 3 is 2.65 bits per heavy atom. The molecule has 20 heavy (non-hydrogen) atoms. The largest absolute Gasteiger partial charge is 0.302 e. The van der Waals surface area contributed by atoms with Gasteiger partial charge in [-0.1, -0.05) is 0 Å². The average molecular weight is 283 g/mol. The molecule has 6 heteroatoms. The molecule has 0 aromatic carbocycles. The van der Waals surface area contributed by atoms with Gasteiger partial charge in [0.25, 0.3) is 0 Å². The predicted octanol–water partition coefficient (Wildman–Crippen LogP) is 2.91. The first-order valence-corrected chi connectivity index (χ1v) is 7.65. The van der Waals surface area contributed by atoms with Crippen molar-refractivity contribution in [2.75, 3.05) is 0 Å². The number of nitriles is 1. The first-order chi connectivity index (χ1) is 9.85. The van der Waals surface area contributed by atoms with Crippen LogP contribution in [0.4, 0.5) is 0 Å². The minimum Gasteiger partial charge on any atom is -0.302 e. The maximum atomic E-state index is 8.77. The zero-order valence-corrected chi connectivity index (χ0v) is 11.7. The Morgan fingerprint density at radius 1 is 1.20 bits per heavy atom. The molecule has 0 aliphatic heterocycles. The van der Waals surface area contributed by atoms with Crippen LogP contribution >= 0.6 is 11.8 Å². The maximum absolute atomic E-state index is 8.77. The van der Waals surface area contributed by atoms with Gasteiger partial charge < -0.3 is 4.57 Å². The summed E-state index contributed by atoms with van der Waals surface area (Å²) in [6, 6.07) is 6.28. The zero-order valence-electron chi connectivity index (χ0n) is 10.9. The van der Waals surface area contributed by atoms with Crippen LogP contribution in [0.2, 0.25) is 0 Å². The van der Waals surface area contributed by atoms with E-state index in [0.29, 0.717) is 17.7 Å². The summed E-state index contributed by atoms with van der Waals surface area (Å²) in [6.45, 7) is 0. The second kappa shape index (κ2) is 4.60. The van der Waals surface area contributed by atoms with Gasteiger partial charge in [-0.3, -0.25) is 0 Å². The Balaban J connectivity index is 1.63. The van der Waals surface area contributed by atoms with Crippen molar-refractivity contribution in [2.24, 2.45) is 0 Å². The van der Waals surface area contributed by atoms with Crippen molar-refractivity contribution in [3.05, 3.63) is 29.8 Å². The third-order valence-corrected chi connectivity index (χ3v) is 4.54. The van der Waals surface area contributed by atoms with Gasteiger partial charge in [0.15, 0.2) is 5.16 Å². The fourth-order valence-electron chi connectivity index (χ4n) is 2.27. The minimum atomic E-state index is 0.441. The van der Waals surface area contributed by atoms with E-state index in [4.69, 9.17) is 5.26 Å². The summed E-state index contributed by atoms with van der Waals surface area (Å²) in [5.74, 6) is 1.79. The molecule has 0 N–H and O–H groups in total. The molecule has 2 saturated carbocycles. The minimum absolute atomic E-state index is 0.441. The number of hydrogen-bond acceptors (Lipinski definition) is 5. The van der Waals surface area contributed by atoms with Crippen molar-refractivity contribution in [2.45, 2.75) is 47.7 Å². The van der Waals surface area contributed by atoms with Gasteiger partial charge in [0.1, 0.15) is 17.6 Å². The molecule has 0 radical (unpaired) electrons. The van der Waals surface area contributed by atoms with E-state index in [1.165, 1.54) is 25.7 Å². The molecule has 0 atom stereocenters. The Hall–Kier alpha value is -1.87. The highest BCUT2D eigenvalue weighted by atomic mass is 32.2. The van der Waals surface area contributed by atoms with Crippen molar-refractivity contribution in [3.8, 4) is 6.07 Å². The molecule has 0 saturated heterocycles. The SMILES string of the molecule is N#Cc1ccc(Sc2nnc(C3CC3)n2C2CC2)cn1. The molecular weight excluding hydrogens is 270 g/mol. The van der Waals surface area contributed by atoms with E-state index in [2.05, 4.69) is 19.7 Å². The van der Waals surface area contributed by atoms with Crippen LogP contribution in [0.25, 0.3) is 0 Å². The molecule has 2 heterocycles. The van der Waals surface area contributed by atoms with Crippen molar-refractivity contribution in [1.29, 1.82) is 5.26 Å². The summed E-state index contributed by atoms with van der Waals surface area (Å²) < 4.78 is 2.32. The van der Waals surface area contributed by atoms with Crippen LogP contribution in [-0.2, 0) is 0 Å². The average Bonchev–Trinajstić information content (AvgIpc) is 3.39. The van der Waals surface area contributed by atoms with Gasteiger partial charge in [0.05, 0.1) is 0 Å². The van der Waals surface area contributed by atoms with Crippen LogP contribution in [0.15, 0.2) is 28.4 Å².